The van der Waals surface area contributed by atoms with Crippen LogP contribution in [-0.2, 0) is 19.6 Å². The zero-order valence-corrected chi connectivity index (χ0v) is 20.8. The summed E-state index contributed by atoms with van der Waals surface area (Å²) in [6, 6.07) is 11.3. The van der Waals surface area contributed by atoms with Crippen LogP contribution in [0, 0.1) is 12.3 Å². The molecule has 0 aliphatic rings. The number of nitrogens with zero attached hydrogens (tertiary/aromatic N) is 2. The van der Waals surface area contributed by atoms with E-state index in [1.807, 2.05) is 36.4 Å². The quantitative estimate of drug-likeness (QED) is 0.184. The second-order valence-electron chi connectivity index (χ2n) is 7.08. The van der Waals surface area contributed by atoms with Crippen LogP contribution in [0.5, 0.6) is 11.5 Å². The number of fused-ring (bicyclic) bond motifs is 1. The molecule has 0 fully saturated rings. The van der Waals surface area contributed by atoms with Crippen LogP contribution in [0.4, 0.5) is 11.5 Å². The number of nitrogens with one attached hydrogen (secondary N) is 1. The Labute approximate surface area is 210 Å². The molecule has 0 amide bonds. The van der Waals surface area contributed by atoms with E-state index in [9.17, 15) is 8.42 Å². The molecule has 0 bridgehead atoms. The number of terminal acetylenes is 1. The van der Waals surface area contributed by atoms with E-state index in [0.717, 1.165) is 22.2 Å². The summed E-state index contributed by atoms with van der Waals surface area (Å²) in [5.74, 6) is 3.87. The van der Waals surface area contributed by atoms with Crippen molar-refractivity contribution in [1.29, 1.82) is 0 Å². The minimum Gasteiger partial charge on any atom is -0.487 e. The number of aromatic nitrogens is 2. The first-order valence-corrected chi connectivity index (χ1v) is 12.3. The molecule has 11 nitrogen and oxygen atoms in total. The van der Waals surface area contributed by atoms with Gasteiger partial charge >= 0.3 is 0 Å². The van der Waals surface area contributed by atoms with Crippen molar-refractivity contribution < 1.29 is 37.0 Å². The molecule has 36 heavy (non-hydrogen) atoms. The first-order chi connectivity index (χ1) is 17.3. The average Bonchev–Trinajstić information content (AvgIpc) is 2.84. The Bertz CT molecular complexity index is 1260. The molecule has 0 aliphatic heterocycles. The topological polar surface area (TPSA) is 149 Å². The average molecular weight is 520 g/mol. The normalized spacial score (nSPS) is 10.8. The number of ether oxygens (including phenoxy) is 4. The second-order valence-corrected chi connectivity index (χ2v) is 8.65. The van der Waals surface area contributed by atoms with Gasteiger partial charge in [0, 0.05) is 36.9 Å². The summed E-state index contributed by atoms with van der Waals surface area (Å²) in [5.41, 5.74) is 2.34. The number of hydrogen-bond donors (Lipinski definition) is 3. The number of hydrogen-bond acceptors (Lipinski definition) is 10. The summed E-state index contributed by atoms with van der Waals surface area (Å²) in [6.45, 7) is 1.20. The maximum absolute atomic E-state index is 9.63. The largest absolute Gasteiger partial charge is 0.487 e. The molecule has 2 aromatic carbocycles. The first-order valence-electron chi connectivity index (χ1n) is 10.7. The third-order valence-corrected chi connectivity index (χ3v) is 5.13. The molecule has 0 saturated carbocycles. The van der Waals surface area contributed by atoms with Gasteiger partial charge in [-0.05, 0) is 24.3 Å². The van der Waals surface area contributed by atoms with Crippen molar-refractivity contribution in [3.8, 4) is 23.8 Å². The van der Waals surface area contributed by atoms with Crippen LogP contribution in [0.2, 0.25) is 0 Å². The third-order valence-electron chi connectivity index (χ3n) is 4.43. The smallest absolute Gasteiger partial charge is 0.267 e. The fourth-order valence-electron chi connectivity index (χ4n) is 2.80. The van der Waals surface area contributed by atoms with E-state index in [1.165, 1.54) is 6.33 Å². The Kier molecular flexibility index (Phi) is 11.8. The van der Waals surface area contributed by atoms with Gasteiger partial charge in [-0.15, -0.1) is 6.42 Å². The lowest BCUT2D eigenvalue weighted by Crippen LogP contribution is -2.09. The molecule has 1 heterocycles. The van der Waals surface area contributed by atoms with Crippen LogP contribution in [0.15, 0.2) is 42.7 Å². The van der Waals surface area contributed by atoms with Gasteiger partial charge in [0.15, 0.2) is 11.5 Å². The molecule has 3 aromatic rings. The van der Waals surface area contributed by atoms with E-state index in [-0.39, 0.29) is 0 Å². The predicted molar refractivity (Wildman–Crippen MR) is 135 cm³/mol. The molecule has 12 heteroatoms. The maximum atomic E-state index is 9.63. The number of benzene rings is 2. The van der Waals surface area contributed by atoms with Crippen LogP contribution in [0.25, 0.3) is 10.9 Å². The molecule has 194 valence electrons. The lowest BCUT2D eigenvalue weighted by Gasteiger charge is -2.15. The Morgan fingerprint density at radius 2 is 1.67 bits per heavy atom. The number of anilines is 2. The summed E-state index contributed by atoms with van der Waals surface area (Å²) >= 11 is 0. The lowest BCUT2D eigenvalue weighted by molar-refractivity contribution is 0.132. The van der Waals surface area contributed by atoms with Crippen molar-refractivity contribution in [2.75, 3.05) is 58.3 Å². The highest BCUT2D eigenvalue weighted by atomic mass is 32.2. The van der Waals surface area contributed by atoms with Gasteiger partial charge < -0.3 is 29.4 Å². The highest BCUT2D eigenvalue weighted by Crippen LogP contribution is 2.35. The van der Waals surface area contributed by atoms with E-state index in [2.05, 4.69) is 21.2 Å². The van der Waals surface area contributed by atoms with Gasteiger partial charge in [0.1, 0.15) is 25.4 Å². The first kappa shape index (κ1) is 28.8. The molecule has 3 N–H and O–H groups in total. The predicted octanol–water partition coefficient (Wildman–Crippen LogP) is 2.27. The van der Waals surface area contributed by atoms with Crippen LogP contribution >= 0.6 is 0 Å². The number of methoxy groups -OCH3 is 2. The molecule has 0 aliphatic carbocycles. The molecule has 0 atom stereocenters. The number of rotatable bonds is 12. The monoisotopic (exact) mass is 519 g/mol. The van der Waals surface area contributed by atoms with E-state index in [0.29, 0.717) is 43.7 Å². The fourth-order valence-corrected chi connectivity index (χ4v) is 3.03. The highest BCUT2D eigenvalue weighted by molar-refractivity contribution is 7.85. The summed E-state index contributed by atoms with van der Waals surface area (Å²) in [5, 5.41) is 12.0. The minimum atomic E-state index is -3.92. The molecular formula is C24H29N3O8S. The van der Waals surface area contributed by atoms with Gasteiger partial charge in [-0.1, -0.05) is 12.0 Å². The zero-order valence-electron chi connectivity index (χ0n) is 20.0. The Hall–Kier alpha value is -3.47. The summed E-state index contributed by atoms with van der Waals surface area (Å²) in [6.07, 6.45) is 6.99. The Balaban J connectivity index is 0.000000572. The Morgan fingerprint density at radius 1 is 1.00 bits per heavy atom. The van der Waals surface area contributed by atoms with E-state index in [1.54, 1.807) is 14.2 Å². The van der Waals surface area contributed by atoms with E-state index >= 15 is 0 Å². The van der Waals surface area contributed by atoms with Gasteiger partial charge in [0.25, 0.3) is 10.1 Å². The van der Waals surface area contributed by atoms with E-state index in [4.69, 9.17) is 35.0 Å². The van der Waals surface area contributed by atoms with Gasteiger partial charge in [-0.2, -0.15) is 8.42 Å². The van der Waals surface area contributed by atoms with Crippen molar-refractivity contribution >= 4 is 32.5 Å². The molecule has 1 aromatic heterocycles. The molecule has 0 radical (unpaired) electrons. The van der Waals surface area contributed by atoms with Gasteiger partial charge in [-0.3, -0.25) is 4.55 Å². The van der Waals surface area contributed by atoms with Crippen LogP contribution in [0.1, 0.15) is 5.56 Å². The molecule has 0 spiro atoms. The second kappa shape index (κ2) is 14.8. The van der Waals surface area contributed by atoms with Crippen molar-refractivity contribution in [2.45, 2.75) is 0 Å². The summed E-state index contributed by atoms with van der Waals surface area (Å²) in [7, 11) is -0.674. The van der Waals surface area contributed by atoms with Crippen LogP contribution < -0.4 is 14.8 Å². The van der Waals surface area contributed by atoms with Gasteiger partial charge in [0.05, 0.1) is 31.1 Å². The SMILES string of the molecule is C#Cc1cccc(Nc2ncnc3cc(OCCOC)c(OCCOC)cc23)c1.O=S(=O)(O)CCO. The van der Waals surface area contributed by atoms with Gasteiger partial charge in [0.2, 0.25) is 0 Å². The highest BCUT2D eigenvalue weighted by Gasteiger charge is 2.13. The standard InChI is InChI=1S/C22H23N3O4.C2H6O4S/c1-4-16-6-5-7-17(12-16)25-22-18-13-20(28-10-8-26-2)21(29-11-9-27-3)14-19(18)23-15-24-22;3-1-2-7(4,5)6/h1,5-7,12-15H,8-11H2,2-3H3,(H,23,24,25);3H,1-2H2,(H,4,5,6). The molecule has 0 saturated heterocycles. The number of aliphatic hydroxyl groups is 1. The minimum absolute atomic E-state index is 0.392. The molecular weight excluding hydrogens is 490 g/mol. The van der Waals surface area contributed by atoms with Crippen molar-refractivity contribution in [3.63, 3.8) is 0 Å². The van der Waals surface area contributed by atoms with Crippen molar-refractivity contribution in [1.82, 2.24) is 9.97 Å². The fraction of sp³-hybridized carbons (Fsp3) is 0.333. The molecule has 3 rings (SSSR count). The number of aliphatic hydroxyl groups excluding tert-OH is 1. The van der Waals surface area contributed by atoms with Gasteiger partial charge in [-0.25, -0.2) is 9.97 Å². The summed E-state index contributed by atoms with van der Waals surface area (Å²) in [4.78, 5) is 8.75. The molecule has 0 unspecified atom stereocenters. The van der Waals surface area contributed by atoms with E-state index < -0.39 is 22.5 Å². The van der Waals surface area contributed by atoms with Crippen molar-refractivity contribution in [2.24, 2.45) is 0 Å². The Morgan fingerprint density at radius 3 is 2.22 bits per heavy atom. The third kappa shape index (κ3) is 9.65. The van der Waals surface area contributed by atoms with Crippen molar-refractivity contribution in [3.05, 3.63) is 48.3 Å². The zero-order chi connectivity index (χ0) is 26.4. The van der Waals surface area contributed by atoms with Crippen LogP contribution in [-0.4, -0.2) is 81.1 Å². The van der Waals surface area contributed by atoms with Crippen LogP contribution in [0.3, 0.4) is 0 Å². The lowest BCUT2D eigenvalue weighted by atomic mass is 10.2. The maximum Gasteiger partial charge on any atom is 0.267 e. The summed E-state index contributed by atoms with van der Waals surface area (Å²) < 4.78 is 48.9.